The van der Waals surface area contributed by atoms with Gasteiger partial charge in [-0.15, -0.1) is 0 Å². The van der Waals surface area contributed by atoms with Crippen LogP contribution in [-0.2, 0) is 6.54 Å². The third kappa shape index (κ3) is 3.35. The van der Waals surface area contributed by atoms with Gasteiger partial charge in [0.25, 0.3) is 0 Å². The molecule has 4 rings (SSSR count). The van der Waals surface area contributed by atoms with Gasteiger partial charge in [0.2, 0.25) is 0 Å². The molecule has 25 heavy (non-hydrogen) atoms. The van der Waals surface area contributed by atoms with E-state index in [1.807, 2.05) is 36.0 Å². The summed E-state index contributed by atoms with van der Waals surface area (Å²) in [6, 6.07) is 13.1. The summed E-state index contributed by atoms with van der Waals surface area (Å²) < 4.78 is 13.7. The number of fused-ring (bicyclic) bond motifs is 1. The number of halogens is 2. The Labute approximate surface area is 156 Å². The van der Waals surface area contributed by atoms with Crippen molar-refractivity contribution in [2.75, 3.05) is 22.1 Å². The van der Waals surface area contributed by atoms with E-state index < -0.39 is 5.82 Å². The van der Waals surface area contributed by atoms with Crippen LogP contribution in [0.2, 0.25) is 5.02 Å². The average molecular weight is 376 g/mol. The second-order valence-electron chi connectivity index (χ2n) is 6.40. The largest absolute Gasteiger partial charge is 0.371 e. The lowest BCUT2D eigenvalue weighted by Crippen LogP contribution is -2.54. The summed E-state index contributed by atoms with van der Waals surface area (Å²) in [7, 11) is 0. The van der Waals surface area contributed by atoms with Crippen LogP contribution >= 0.6 is 23.4 Å². The number of nitrogens with one attached hydrogen (secondary N) is 2. The van der Waals surface area contributed by atoms with Gasteiger partial charge in [0.15, 0.2) is 0 Å². The first-order valence-electron chi connectivity index (χ1n) is 8.37. The molecule has 6 heteroatoms. The van der Waals surface area contributed by atoms with E-state index in [2.05, 4.69) is 16.7 Å². The monoisotopic (exact) mass is 375 g/mol. The van der Waals surface area contributed by atoms with E-state index in [1.54, 1.807) is 6.07 Å². The summed E-state index contributed by atoms with van der Waals surface area (Å²) >= 11 is 7.74. The SMILES string of the molecule is Fc1cc(CN=C2Nc3ccccc3NC23CCSCC3)ccc1Cl. The second-order valence-corrected chi connectivity index (χ2v) is 8.04. The highest BCUT2D eigenvalue weighted by Crippen LogP contribution is 2.38. The lowest BCUT2D eigenvalue weighted by Gasteiger charge is -2.43. The molecule has 2 aromatic carbocycles. The molecule has 0 aromatic heterocycles. The first kappa shape index (κ1) is 16.7. The molecule has 0 atom stereocenters. The molecule has 0 saturated carbocycles. The molecule has 2 aliphatic heterocycles. The van der Waals surface area contributed by atoms with Crippen molar-refractivity contribution in [3.63, 3.8) is 0 Å². The summed E-state index contributed by atoms with van der Waals surface area (Å²) in [5, 5.41) is 7.37. The fourth-order valence-electron chi connectivity index (χ4n) is 3.35. The molecule has 1 spiro atoms. The molecule has 0 radical (unpaired) electrons. The lowest BCUT2D eigenvalue weighted by molar-refractivity contribution is 0.559. The van der Waals surface area contributed by atoms with Crippen LogP contribution in [0.15, 0.2) is 47.5 Å². The summed E-state index contributed by atoms with van der Waals surface area (Å²) in [5.74, 6) is 2.75. The third-order valence-corrected chi connectivity index (χ3v) is 6.05. The van der Waals surface area contributed by atoms with Crippen LogP contribution in [0.3, 0.4) is 0 Å². The zero-order valence-electron chi connectivity index (χ0n) is 13.7. The molecule has 130 valence electrons. The number of hydrogen-bond donors (Lipinski definition) is 2. The maximum absolute atomic E-state index is 13.7. The smallest absolute Gasteiger partial charge is 0.142 e. The van der Waals surface area contributed by atoms with Gasteiger partial charge in [-0.1, -0.05) is 29.8 Å². The van der Waals surface area contributed by atoms with E-state index in [1.165, 1.54) is 6.07 Å². The van der Waals surface area contributed by atoms with Crippen LogP contribution < -0.4 is 10.6 Å². The molecular formula is C19H19ClFN3S. The molecule has 0 unspecified atom stereocenters. The van der Waals surface area contributed by atoms with Crippen LogP contribution in [0.25, 0.3) is 0 Å². The minimum Gasteiger partial charge on any atom is -0.371 e. The Morgan fingerprint density at radius 2 is 1.88 bits per heavy atom. The number of rotatable bonds is 2. The molecule has 2 N–H and O–H groups in total. The van der Waals surface area contributed by atoms with Gasteiger partial charge in [-0.25, -0.2) is 4.39 Å². The van der Waals surface area contributed by atoms with Crippen molar-refractivity contribution in [3.05, 3.63) is 58.9 Å². The highest BCUT2D eigenvalue weighted by Gasteiger charge is 2.40. The van der Waals surface area contributed by atoms with Crippen molar-refractivity contribution < 1.29 is 4.39 Å². The van der Waals surface area contributed by atoms with Crippen LogP contribution in [0.4, 0.5) is 15.8 Å². The minimum absolute atomic E-state index is 0.142. The van der Waals surface area contributed by atoms with E-state index in [0.29, 0.717) is 6.54 Å². The number of nitrogens with zero attached hydrogens (tertiary/aromatic N) is 1. The van der Waals surface area contributed by atoms with Crippen molar-refractivity contribution >= 4 is 40.6 Å². The molecule has 2 heterocycles. The molecule has 3 nitrogen and oxygen atoms in total. The van der Waals surface area contributed by atoms with Crippen molar-refractivity contribution in [2.45, 2.75) is 24.9 Å². The van der Waals surface area contributed by atoms with Gasteiger partial charge < -0.3 is 10.6 Å². The Bertz CT molecular complexity index is 818. The first-order valence-corrected chi connectivity index (χ1v) is 9.90. The lowest BCUT2D eigenvalue weighted by atomic mass is 9.87. The maximum Gasteiger partial charge on any atom is 0.142 e. The van der Waals surface area contributed by atoms with Crippen molar-refractivity contribution in [1.82, 2.24) is 0 Å². The van der Waals surface area contributed by atoms with Gasteiger partial charge in [-0.2, -0.15) is 11.8 Å². The van der Waals surface area contributed by atoms with Crippen molar-refractivity contribution in [1.29, 1.82) is 0 Å². The van der Waals surface area contributed by atoms with E-state index in [4.69, 9.17) is 16.6 Å². The maximum atomic E-state index is 13.7. The summed E-state index contributed by atoms with van der Waals surface area (Å²) in [5.41, 5.74) is 2.80. The minimum atomic E-state index is -0.400. The standard InChI is InChI=1S/C19H19ClFN3S/c20-14-6-5-13(11-15(14)21)12-22-18-19(7-9-25-10-8-19)24-17-4-2-1-3-16(17)23-18/h1-6,11,24H,7-10,12H2,(H,22,23). The average Bonchev–Trinajstić information content (AvgIpc) is 2.63. The van der Waals surface area contributed by atoms with Gasteiger partial charge in [0.05, 0.1) is 28.5 Å². The molecule has 0 amide bonds. The van der Waals surface area contributed by atoms with E-state index >= 15 is 0 Å². The fraction of sp³-hybridized carbons (Fsp3) is 0.316. The number of aliphatic imine (C=N–C) groups is 1. The van der Waals surface area contributed by atoms with Gasteiger partial charge in [0, 0.05) is 0 Å². The van der Waals surface area contributed by atoms with Gasteiger partial charge in [-0.05, 0) is 54.2 Å². The van der Waals surface area contributed by atoms with Gasteiger partial charge >= 0.3 is 0 Å². The van der Waals surface area contributed by atoms with Gasteiger partial charge in [0.1, 0.15) is 11.7 Å². The Morgan fingerprint density at radius 1 is 1.12 bits per heavy atom. The Balaban J connectivity index is 1.66. The molecular weight excluding hydrogens is 357 g/mol. The third-order valence-electron chi connectivity index (χ3n) is 4.76. The summed E-state index contributed by atoms with van der Waals surface area (Å²) in [4.78, 5) is 4.82. The van der Waals surface area contributed by atoms with E-state index in [-0.39, 0.29) is 10.6 Å². The zero-order valence-corrected chi connectivity index (χ0v) is 15.3. The Morgan fingerprint density at radius 3 is 2.64 bits per heavy atom. The predicted molar refractivity (Wildman–Crippen MR) is 106 cm³/mol. The molecule has 1 saturated heterocycles. The van der Waals surface area contributed by atoms with E-state index in [0.717, 1.165) is 47.1 Å². The molecule has 2 aliphatic rings. The number of hydrogen-bond acceptors (Lipinski definition) is 3. The van der Waals surface area contributed by atoms with Crippen molar-refractivity contribution in [3.8, 4) is 0 Å². The number of thioether (sulfide) groups is 1. The molecule has 1 fully saturated rings. The zero-order chi connectivity index (χ0) is 17.3. The highest BCUT2D eigenvalue weighted by atomic mass is 35.5. The molecule has 0 aliphatic carbocycles. The normalized spacial score (nSPS) is 20.0. The number of benzene rings is 2. The first-order chi connectivity index (χ1) is 12.2. The number of anilines is 2. The van der Waals surface area contributed by atoms with Crippen LogP contribution in [-0.4, -0.2) is 22.9 Å². The topological polar surface area (TPSA) is 36.4 Å². The Kier molecular flexibility index (Phi) is 4.61. The van der Waals surface area contributed by atoms with Gasteiger partial charge in [-0.3, -0.25) is 4.99 Å². The van der Waals surface area contributed by atoms with Crippen LogP contribution in [0.1, 0.15) is 18.4 Å². The highest BCUT2D eigenvalue weighted by molar-refractivity contribution is 7.99. The quantitative estimate of drug-likeness (QED) is 0.759. The second kappa shape index (κ2) is 6.89. The number of amidine groups is 1. The van der Waals surface area contributed by atoms with Crippen molar-refractivity contribution in [2.24, 2.45) is 4.99 Å². The van der Waals surface area contributed by atoms with E-state index in [9.17, 15) is 4.39 Å². The Hall–Kier alpha value is -1.72. The summed E-state index contributed by atoms with van der Waals surface area (Å²) in [6.45, 7) is 0.426. The fourth-order valence-corrected chi connectivity index (χ4v) is 4.65. The number of para-hydroxylation sites is 2. The van der Waals surface area contributed by atoms with Crippen LogP contribution in [0, 0.1) is 5.82 Å². The predicted octanol–water partition coefficient (Wildman–Crippen LogP) is 5.18. The van der Waals surface area contributed by atoms with Crippen LogP contribution in [0.5, 0.6) is 0 Å². The molecule has 0 bridgehead atoms. The molecule has 2 aromatic rings. The summed E-state index contributed by atoms with van der Waals surface area (Å²) in [6.07, 6.45) is 2.04.